The highest BCUT2D eigenvalue weighted by Gasteiger charge is 2.43. The Bertz CT molecular complexity index is 858. The van der Waals surface area contributed by atoms with Gasteiger partial charge in [0.15, 0.2) is 0 Å². The first-order valence-corrected chi connectivity index (χ1v) is 14.8. The number of rotatable bonds is 16. The molecule has 0 heterocycles. The molecule has 0 atom stereocenters. The van der Waals surface area contributed by atoms with Crippen LogP contribution in [-0.2, 0) is 13.3 Å². The standard InChI is InChI=1S/C28H45N3O3Si/c1-8-32-35(33-9-2,34-10-3)28-13-11-12-26(22-28)30-29-25-14-16-27(17-15-25)31(20-18-23(4)5)21-19-24(6)7/h11-17,22-24H,8-10,18-21H2,1-7H3/b30-29+. The fourth-order valence-electron chi connectivity index (χ4n) is 3.75. The zero-order valence-corrected chi connectivity index (χ0v) is 23.8. The summed E-state index contributed by atoms with van der Waals surface area (Å²) in [6.45, 7) is 18.7. The van der Waals surface area contributed by atoms with Crippen LogP contribution in [0, 0.1) is 11.8 Å². The molecule has 0 bridgehead atoms. The minimum absolute atomic E-state index is 0.523. The van der Waals surface area contributed by atoms with Crippen LogP contribution in [0.1, 0.15) is 61.3 Å². The van der Waals surface area contributed by atoms with Gasteiger partial charge in [0, 0.05) is 43.8 Å². The first-order valence-electron chi connectivity index (χ1n) is 13.1. The Morgan fingerprint density at radius 2 is 1.23 bits per heavy atom. The maximum atomic E-state index is 6.04. The summed E-state index contributed by atoms with van der Waals surface area (Å²) in [5, 5.41) is 9.88. The monoisotopic (exact) mass is 499 g/mol. The molecule has 0 spiro atoms. The second-order valence-corrected chi connectivity index (χ2v) is 12.0. The molecule has 194 valence electrons. The van der Waals surface area contributed by atoms with E-state index in [2.05, 4.69) is 55.0 Å². The lowest BCUT2D eigenvalue weighted by molar-refractivity contribution is 0.0859. The third-order valence-corrected chi connectivity index (χ3v) is 8.68. The van der Waals surface area contributed by atoms with E-state index in [1.807, 2.05) is 57.2 Å². The molecule has 2 rings (SSSR count). The van der Waals surface area contributed by atoms with E-state index in [-0.39, 0.29) is 0 Å². The van der Waals surface area contributed by atoms with Gasteiger partial charge in [-0.15, -0.1) is 0 Å². The molecule has 0 saturated carbocycles. The molecule has 0 N–H and O–H groups in total. The number of azo groups is 1. The van der Waals surface area contributed by atoms with E-state index in [1.165, 1.54) is 18.5 Å². The molecule has 35 heavy (non-hydrogen) atoms. The lowest BCUT2D eigenvalue weighted by atomic mass is 10.1. The largest absolute Gasteiger partial charge is 0.537 e. The summed E-state index contributed by atoms with van der Waals surface area (Å²) in [7, 11) is -2.97. The SMILES string of the molecule is CCO[Si](OCC)(OCC)c1cccc(/N=N/c2ccc(N(CCC(C)C)CCC(C)C)cc2)c1. The van der Waals surface area contributed by atoms with Crippen molar-refractivity contribution in [2.75, 3.05) is 37.8 Å². The van der Waals surface area contributed by atoms with Gasteiger partial charge in [-0.05, 0) is 81.8 Å². The van der Waals surface area contributed by atoms with Gasteiger partial charge in [0.2, 0.25) is 0 Å². The van der Waals surface area contributed by atoms with Crippen LogP contribution in [0.25, 0.3) is 0 Å². The quantitative estimate of drug-likeness (QED) is 0.180. The molecule has 7 heteroatoms. The van der Waals surface area contributed by atoms with Gasteiger partial charge in [0.25, 0.3) is 0 Å². The number of benzene rings is 2. The van der Waals surface area contributed by atoms with Crippen LogP contribution in [0.2, 0.25) is 0 Å². The van der Waals surface area contributed by atoms with Crippen molar-refractivity contribution in [3.8, 4) is 0 Å². The lowest BCUT2D eigenvalue weighted by Crippen LogP contribution is -2.56. The molecule has 0 aliphatic carbocycles. The lowest BCUT2D eigenvalue weighted by Gasteiger charge is -2.28. The molecule has 6 nitrogen and oxygen atoms in total. The Hall–Kier alpha value is -2.06. The average Bonchev–Trinajstić information content (AvgIpc) is 2.83. The van der Waals surface area contributed by atoms with Crippen molar-refractivity contribution in [3.63, 3.8) is 0 Å². The second kappa shape index (κ2) is 15.1. The Morgan fingerprint density at radius 3 is 1.71 bits per heavy atom. The Morgan fingerprint density at radius 1 is 0.714 bits per heavy atom. The van der Waals surface area contributed by atoms with Crippen molar-refractivity contribution >= 4 is 31.1 Å². The molecule has 0 aliphatic heterocycles. The Labute approximate surface area is 214 Å². The molecule has 0 fully saturated rings. The van der Waals surface area contributed by atoms with Gasteiger partial charge in [-0.3, -0.25) is 0 Å². The van der Waals surface area contributed by atoms with Gasteiger partial charge < -0.3 is 18.2 Å². The summed E-state index contributed by atoms with van der Waals surface area (Å²) < 4.78 is 18.1. The molecule has 0 radical (unpaired) electrons. The molecular weight excluding hydrogens is 454 g/mol. The predicted octanol–water partition coefficient (Wildman–Crippen LogP) is 7.26. The highest BCUT2D eigenvalue weighted by molar-refractivity contribution is 6.75. The van der Waals surface area contributed by atoms with Crippen LogP contribution >= 0.6 is 0 Å². The number of hydrogen-bond donors (Lipinski definition) is 0. The smallest absolute Gasteiger partial charge is 0.372 e. The Balaban J connectivity index is 2.19. The van der Waals surface area contributed by atoms with Crippen LogP contribution in [0.4, 0.5) is 17.1 Å². The van der Waals surface area contributed by atoms with E-state index in [0.717, 1.165) is 29.7 Å². The summed E-state index contributed by atoms with van der Waals surface area (Å²) >= 11 is 0. The van der Waals surface area contributed by atoms with Crippen LogP contribution in [-0.4, -0.2) is 41.7 Å². The van der Waals surface area contributed by atoms with E-state index in [9.17, 15) is 0 Å². The fourth-order valence-corrected chi connectivity index (χ4v) is 6.26. The molecule has 0 aromatic heterocycles. The van der Waals surface area contributed by atoms with Gasteiger partial charge in [-0.1, -0.05) is 39.8 Å². The fraction of sp³-hybridized carbons (Fsp3) is 0.571. The summed E-state index contributed by atoms with van der Waals surface area (Å²) in [4.78, 5) is 2.49. The van der Waals surface area contributed by atoms with E-state index in [0.29, 0.717) is 31.7 Å². The van der Waals surface area contributed by atoms with Crippen molar-refractivity contribution < 1.29 is 13.3 Å². The minimum Gasteiger partial charge on any atom is -0.372 e. The maximum Gasteiger partial charge on any atom is 0.537 e. The number of anilines is 1. The zero-order valence-electron chi connectivity index (χ0n) is 22.8. The van der Waals surface area contributed by atoms with Gasteiger partial charge in [0.1, 0.15) is 0 Å². The average molecular weight is 500 g/mol. The molecule has 2 aromatic carbocycles. The van der Waals surface area contributed by atoms with Gasteiger partial charge in [-0.2, -0.15) is 10.2 Å². The van der Waals surface area contributed by atoms with Crippen molar-refractivity contribution in [1.29, 1.82) is 0 Å². The third kappa shape index (κ3) is 9.48. The van der Waals surface area contributed by atoms with E-state index < -0.39 is 8.80 Å². The molecular formula is C28H45N3O3Si. The predicted molar refractivity (Wildman–Crippen MR) is 148 cm³/mol. The maximum absolute atomic E-state index is 6.04. The Kier molecular flexibility index (Phi) is 12.6. The van der Waals surface area contributed by atoms with Crippen molar-refractivity contribution in [2.45, 2.75) is 61.3 Å². The highest BCUT2D eigenvalue weighted by Crippen LogP contribution is 2.24. The van der Waals surface area contributed by atoms with Crippen LogP contribution in [0.3, 0.4) is 0 Å². The van der Waals surface area contributed by atoms with Gasteiger partial charge >= 0.3 is 8.80 Å². The minimum atomic E-state index is -2.97. The number of nitrogens with zero attached hydrogens (tertiary/aromatic N) is 3. The molecule has 0 saturated heterocycles. The molecule has 0 amide bonds. The van der Waals surface area contributed by atoms with Crippen LogP contribution < -0.4 is 10.1 Å². The van der Waals surface area contributed by atoms with Crippen molar-refractivity contribution in [1.82, 2.24) is 0 Å². The first-order chi connectivity index (χ1) is 16.8. The van der Waals surface area contributed by atoms with Crippen molar-refractivity contribution in [3.05, 3.63) is 48.5 Å². The molecule has 2 aromatic rings. The van der Waals surface area contributed by atoms with Gasteiger partial charge in [-0.25, -0.2) is 0 Å². The number of hydrogen-bond acceptors (Lipinski definition) is 6. The first kappa shape index (κ1) is 29.2. The second-order valence-electron chi connectivity index (χ2n) is 9.47. The molecule has 0 unspecified atom stereocenters. The van der Waals surface area contributed by atoms with Gasteiger partial charge in [0.05, 0.1) is 11.4 Å². The van der Waals surface area contributed by atoms with E-state index in [1.54, 1.807) is 0 Å². The topological polar surface area (TPSA) is 55.6 Å². The molecule has 0 aliphatic rings. The summed E-state index contributed by atoms with van der Waals surface area (Å²) in [5.74, 6) is 1.38. The normalized spacial score (nSPS) is 12.3. The third-order valence-electron chi connectivity index (χ3n) is 5.65. The summed E-state index contributed by atoms with van der Waals surface area (Å²) in [6, 6.07) is 16.2. The summed E-state index contributed by atoms with van der Waals surface area (Å²) in [5.41, 5.74) is 2.82. The zero-order chi connectivity index (χ0) is 25.7. The van der Waals surface area contributed by atoms with Crippen LogP contribution in [0.5, 0.6) is 0 Å². The van der Waals surface area contributed by atoms with E-state index in [4.69, 9.17) is 13.3 Å². The summed E-state index contributed by atoms with van der Waals surface area (Å²) in [6.07, 6.45) is 2.37. The van der Waals surface area contributed by atoms with Crippen LogP contribution in [0.15, 0.2) is 58.8 Å². The van der Waals surface area contributed by atoms with E-state index >= 15 is 0 Å². The van der Waals surface area contributed by atoms with Crippen molar-refractivity contribution in [2.24, 2.45) is 22.1 Å². The highest BCUT2D eigenvalue weighted by atomic mass is 28.4.